The lowest BCUT2D eigenvalue weighted by atomic mass is 10.0. The van der Waals surface area contributed by atoms with Crippen LogP contribution < -0.4 is 16.0 Å². The number of piperidine rings is 1. The Bertz CT molecular complexity index is 327. The van der Waals surface area contributed by atoms with Gasteiger partial charge in [0.05, 0.1) is 6.54 Å². The summed E-state index contributed by atoms with van der Waals surface area (Å²) in [5, 5.41) is 10.5. The Morgan fingerprint density at radius 1 is 1.17 bits per heavy atom. The van der Waals surface area contributed by atoms with Crippen molar-refractivity contribution in [3.05, 3.63) is 0 Å². The molecule has 5 heteroatoms. The highest BCUT2D eigenvalue weighted by molar-refractivity contribution is 5.80. The molecule has 23 heavy (non-hydrogen) atoms. The van der Waals surface area contributed by atoms with E-state index in [1.165, 1.54) is 45.3 Å². The third-order valence-corrected chi connectivity index (χ3v) is 4.14. The Morgan fingerprint density at radius 3 is 2.43 bits per heavy atom. The number of hydrogen-bond donors (Lipinski definition) is 3. The fourth-order valence-corrected chi connectivity index (χ4v) is 2.79. The van der Waals surface area contributed by atoms with Gasteiger partial charge in [0.1, 0.15) is 0 Å². The standard InChI is InChI=1S/C18H39N5/c1-6-8-13-23-14-9-16(10-15-23)22-17(19-7-2)20-11-12-21-18(3,4)5/h16,21H,6-15H2,1-5H3,(H2,19,20,22). The smallest absolute Gasteiger partial charge is 0.191 e. The number of hydrogen-bond acceptors (Lipinski definition) is 3. The Morgan fingerprint density at radius 2 is 1.87 bits per heavy atom. The summed E-state index contributed by atoms with van der Waals surface area (Å²) in [4.78, 5) is 7.29. The molecule has 1 rings (SSSR count). The van der Waals surface area contributed by atoms with E-state index in [0.717, 1.165) is 25.6 Å². The summed E-state index contributed by atoms with van der Waals surface area (Å²) in [6.07, 6.45) is 5.05. The van der Waals surface area contributed by atoms with Crippen LogP contribution in [0.1, 0.15) is 60.3 Å². The van der Waals surface area contributed by atoms with Crippen LogP contribution in [0.15, 0.2) is 4.99 Å². The molecule has 1 saturated heterocycles. The average molecular weight is 326 g/mol. The lowest BCUT2D eigenvalue weighted by Crippen LogP contribution is -2.49. The van der Waals surface area contributed by atoms with Gasteiger partial charge in [0.15, 0.2) is 5.96 Å². The molecule has 0 aromatic heterocycles. The lowest BCUT2D eigenvalue weighted by molar-refractivity contribution is 0.203. The summed E-state index contributed by atoms with van der Waals surface area (Å²) in [5.74, 6) is 0.968. The summed E-state index contributed by atoms with van der Waals surface area (Å²) >= 11 is 0. The van der Waals surface area contributed by atoms with Gasteiger partial charge >= 0.3 is 0 Å². The van der Waals surface area contributed by atoms with E-state index < -0.39 is 0 Å². The number of nitrogens with zero attached hydrogens (tertiary/aromatic N) is 2. The van der Waals surface area contributed by atoms with Crippen LogP contribution >= 0.6 is 0 Å². The van der Waals surface area contributed by atoms with Gasteiger partial charge in [-0.3, -0.25) is 4.99 Å². The van der Waals surface area contributed by atoms with E-state index in [0.29, 0.717) is 6.04 Å². The van der Waals surface area contributed by atoms with Gasteiger partial charge < -0.3 is 20.9 Å². The molecule has 0 radical (unpaired) electrons. The SMILES string of the molecule is CCCCN1CCC(NC(=NCCNC(C)(C)C)NCC)CC1. The van der Waals surface area contributed by atoms with Crippen molar-refractivity contribution in [3.8, 4) is 0 Å². The highest BCUT2D eigenvalue weighted by Crippen LogP contribution is 2.11. The second kappa shape index (κ2) is 10.9. The number of aliphatic imine (C=N–C) groups is 1. The molecule has 0 saturated carbocycles. The Hall–Kier alpha value is -0.810. The van der Waals surface area contributed by atoms with E-state index in [-0.39, 0.29) is 5.54 Å². The zero-order valence-electron chi connectivity index (χ0n) is 16.0. The van der Waals surface area contributed by atoms with Crippen LogP contribution in [0.4, 0.5) is 0 Å². The maximum Gasteiger partial charge on any atom is 0.191 e. The molecule has 0 aromatic rings. The number of nitrogens with one attached hydrogen (secondary N) is 3. The first-order valence-electron chi connectivity index (χ1n) is 9.47. The highest BCUT2D eigenvalue weighted by atomic mass is 15.2. The normalized spacial score (nSPS) is 18.2. The summed E-state index contributed by atoms with van der Waals surface area (Å²) in [5.41, 5.74) is 0.159. The first-order valence-corrected chi connectivity index (χ1v) is 9.47. The Labute approximate surface area is 143 Å². The molecule has 0 spiro atoms. The third kappa shape index (κ3) is 9.82. The highest BCUT2D eigenvalue weighted by Gasteiger charge is 2.19. The minimum absolute atomic E-state index is 0.159. The van der Waals surface area contributed by atoms with Crippen molar-refractivity contribution >= 4 is 5.96 Å². The molecule has 1 fully saturated rings. The number of rotatable bonds is 8. The van der Waals surface area contributed by atoms with E-state index in [2.05, 4.69) is 55.5 Å². The summed E-state index contributed by atoms with van der Waals surface area (Å²) < 4.78 is 0. The molecule has 0 atom stereocenters. The predicted molar refractivity (Wildman–Crippen MR) is 101 cm³/mol. The number of likely N-dealkylation sites (tertiary alicyclic amines) is 1. The molecule has 0 amide bonds. The summed E-state index contributed by atoms with van der Waals surface area (Å²) in [7, 11) is 0. The van der Waals surface area contributed by atoms with Crippen LogP contribution in [0.2, 0.25) is 0 Å². The van der Waals surface area contributed by atoms with Crippen molar-refractivity contribution in [3.63, 3.8) is 0 Å². The number of unbranched alkanes of at least 4 members (excludes halogenated alkanes) is 1. The quantitative estimate of drug-likeness (QED) is 0.364. The van der Waals surface area contributed by atoms with Gasteiger partial charge in [0.25, 0.3) is 0 Å². The third-order valence-electron chi connectivity index (χ3n) is 4.14. The van der Waals surface area contributed by atoms with Gasteiger partial charge in [0.2, 0.25) is 0 Å². The molecule has 0 unspecified atom stereocenters. The van der Waals surface area contributed by atoms with E-state index in [1.54, 1.807) is 0 Å². The predicted octanol–water partition coefficient (Wildman–Crippen LogP) is 2.19. The Kier molecular flexibility index (Phi) is 9.56. The van der Waals surface area contributed by atoms with Crippen molar-refractivity contribution in [1.29, 1.82) is 0 Å². The molecular formula is C18H39N5. The molecular weight excluding hydrogens is 286 g/mol. The zero-order valence-corrected chi connectivity index (χ0v) is 16.0. The van der Waals surface area contributed by atoms with Crippen LogP contribution in [0.5, 0.6) is 0 Å². The van der Waals surface area contributed by atoms with Crippen LogP contribution in [-0.4, -0.2) is 61.7 Å². The van der Waals surface area contributed by atoms with Crippen LogP contribution in [0.3, 0.4) is 0 Å². The first kappa shape index (κ1) is 20.2. The van der Waals surface area contributed by atoms with Crippen molar-refractivity contribution < 1.29 is 0 Å². The minimum Gasteiger partial charge on any atom is -0.357 e. The van der Waals surface area contributed by atoms with Crippen LogP contribution in [-0.2, 0) is 0 Å². The van der Waals surface area contributed by atoms with E-state index >= 15 is 0 Å². The van der Waals surface area contributed by atoms with Gasteiger partial charge in [-0.15, -0.1) is 0 Å². The fraction of sp³-hybridized carbons (Fsp3) is 0.944. The molecule has 1 aliphatic heterocycles. The largest absolute Gasteiger partial charge is 0.357 e. The average Bonchev–Trinajstić information content (AvgIpc) is 2.50. The van der Waals surface area contributed by atoms with Gasteiger partial charge in [-0.05, 0) is 53.5 Å². The number of guanidine groups is 1. The van der Waals surface area contributed by atoms with E-state index in [9.17, 15) is 0 Å². The second-order valence-electron chi connectivity index (χ2n) is 7.55. The molecule has 5 nitrogen and oxygen atoms in total. The molecule has 1 heterocycles. The zero-order chi connectivity index (χ0) is 17.1. The fourth-order valence-electron chi connectivity index (χ4n) is 2.79. The Balaban J connectivity index is 2.32. The van der Waals surface area contributed by atoms with E-state index in [4.69, 9.17) is 4.99 Å². The van der Waals surface area contributed by atoms with Gasteiger partial charge in [-0.1, -0.05) is 13.3 Å². The summed E-state index contributed by atoms with van der Waals surface area (Å²) in [6, 6.07) is 0.557. The van der Waals surface area contributed by atoms with Crippen LogP contribution in [0, 0.1) is 0 Å². The van der Waals surface area contributed by atoms with Crippen molar-refractivity contribution in [2.24, 2.45) is 4.99 Å². The van der Waals surface area contributed by atoms with E-state index in [1.807, 2.05) is 0 Å². The molecule has 0 aliphatic carbocycles. The topological polar surface area (TPSA) is 51.7 Å². The monoisotopic (exact) mass is 325 g/mol. The molecule has 0 bridgehead atoms. The van der Waals surface area contributed by atoms with Gasteiger partial charge in [-0.2, -0.15) is 0 Å². The maximum atomic E-state index is 4.70. The van der Waals surface area contributed by atoms with Crippen LogP contribution in [0.25, 0.3) is 0 Å². The maximum absolute atomic E-state index is 4.70. The molecule has 3 N–H and O–H groups in total. The molecule has 136 valence electrons. The molecule has 0 aromatic carbocycles. The van der Waals surface area contributed by atoms with Gasteiger partial charge in [-0.25, -0.2) is 0 Å². The lowest BCUT2D eigenvalue weighted by Gasteiger charge is -2.33. The van der Waals surface area contributed by atoms with Crippen molar-refractivity contribution in [2.75, 3.05) is 39.3 Å². The second-order valence-corrected chi connectivity index (χ2v) is 7.55. The van der Waals surface area contributed by atoms with Crippen molar-refractivity contribution in [1.82, 2.24) is 20.9 Å². The summed E-state index contributed by atoms with van der Waals surface area (Å²) in [6.45, 7) is 17.3. The first-order chi connectivity index (χ1) is 10.9. The van der Waals surface area contributed by atoms with Gasteiger partial charge in [0, 0.05) is 37.8 Å². The minimum atomic E-state index is 0.159. The van der Waals surface area contributed by atoms with Crippen molar-refractivity contribution in [2.45, 2.75) is 71.9 Å². The molecule has 1 aliphatic rings.